The lowest BCUT2D eigenvalue weighted by atomic mass is 10.3. The van der Waals surface area contributed by atoms with Crippen molar-refractivity contribution >= 4 is 16.9 Å². The van der Waals surface area contributed by atoms with E-state index >= 15 is 0 Å². The van der Waals surface area contributed by atoms with Crippen molar-refractivity contribution in [3.63, 3.8) is 0 Å². The molecule has 0 radical (unpaired) electrons. The van der Waals surface area contributed by atoms with Gasteiger partial charge in [-0.15, -0.1) is 5.10 Å². The van der Waals surface area contributed by atoms with Gasteiger partial charge >= 0.3 is 12.1 Å². The van der Waals surface area contributed by atoms with Crippen LogP contribution >= 0.6 is 0 Å². The number of halogens is 3. The van der Waals surface area contributed by atoms with Crippen LogP contribution < -0.4 is 0 Å². The molecule has 3 aromatic heterocycles. The van der Waals surface area contributed by atoms with Crippen molar-refractivity contribution in [3.8, 4) is 0 Å². The van der Waals surface area contributed by atoms with Gasteiger partial charge in [-0.25, -0.2) is 9.47 Å². The average Bonchev–Trinajstić information content (AvgIpc) is 3.01. The summed E-state index contributed by atoms with van der Waals surface area (Å²) in [5, 5.41) is 13.1. The predicted molar refractivity (Wildman–Crippen MR) is 64.7 cm³/mol. The Bertz CT molecular complexity index is 835. The van der Waals surface area contributed by atoms with Crippen LogP contribution in [0.5, 0.6) is 0 Å². The van der Waals surface area contributed by atoms with E-state index in [9.17, 15) is 23.1 Å². The summed E-state index contributed by atoms with van der Waals surface area (Å²) in [6.07, 6.45) is -0.709. The summed E-state index contributed by atoms with van der Waals surface area (Å²) in [5.41, 5.74) is -0.927. The van der Waals surface area contributed by atoms with Crippen LogP contribution in [-0.2, 0) is 6.18 Å². The molecule has 108 valence electrons. The number of nitrogens with zero attached hydrogens (tertiary/aromatic N) is 4. The maximum absolute atomic E-state index is 12.6. The van der Waals surface area contributed by atoms with Gasteiger partial charge < -0.3 is 5.11 Å². The fraction of sp³-hybridized carbons (Fsp3) is 0.0833. The van der Waals surface area contributed by atoms with Crippen LogP contribution in [0.1, 0.15) is 16.2 Å². The van der Waals surface area contributed by atoms with Gasteiger partial charge in [0.15, 0.2) is 11.4 Å². The molecule has 0 aliphatic rings. The Labute approximate surface area is 115 Å². The fourth-order valence-electron chi connectivity index (χ4n) is 1.99. The zero-order chi connectivity index (χ0) is 15.2. The van der Waals surface area contributed by atoms with Crippen LogP contribution in [-0.4, -0.2) is 30.6 Å². The second-order valence-electron chi connectivity index (χ2n) is 4.20. The SMILES string of the molecule is O=C(O)c1cc2cnccc2n1-n1ccc(C(F)(F)F)n1. The Morgan fingerprint density at radius 3 is 2.67 bits per heavy atom. The second kappa shape index (κ2) is 4.33. The molecule has 0 fully saturated rings. The first-order valence-corrected chi connectivity index (χ1v) is 5.70. The number of carbonyl (C=O) groups is 1. The predicted octanol–water partition coefficient (Wildman–Crippen LogP) is 2.26. The number of aromatic carboxylic acids is 1. The summed E-state index contributed by atoms with van der Waals surface area (Å²) in [6, 6.07) is 3.59. The molecule has 9 heteroatoms. The number of fused-ring (bicyclic) bond motifs is 1. The van der Waals surface area contributed by atoms with E-state index in [1.165, 1.54) is 24.5 Å². The molecule has 0 atom stereocenters. The van der Waals surface area contributed by atoms with E-state index in [0.717, 1.165) is 21.7 Å². The highest BCUT2D eigenvalue weighted by Crippen LogP contribution is 2.28. The summed E-state index contributed by atoms with van der Waals surface area (Å²) in [6.45, 7) is 0. The molecule has 0 spiro atoms. The van der Waals surface area contributed by atoms with Gasteiger partial charge in [0, 0.05) is 17.8 Å². The number of carboxylic acid groups (broad SMARTS) is 1. The zero-order valence-electron chi connectivity index (χ0n) is 10.2. The van der Waals surface area contributed by atoms with Crippen molar-refractivity contribution in [2.75, 3.05) is 0 Å². The summed E-state index contributed by atoms with van der Waals surface area (Å²) < 4.78 is 38.9. The van der Waals surface area contributed by atoms with E-state index in [0.29, 0.717) is 10.9 Å². The molecule has 0 bridgehead atoms. The van der Waals surface area contributed by atoms with E-state index in [4.69, 9.17) is 0 Å². The molecule has 0 amide bonds. The first kappa shape index (κ1) is 13.2. The fourth-order valence-corrected chi connectivity index (χ4v) is 1.99. The van der Waals surface area contributed by atoms with E-state index in [1.54, 1.807) is 0 Å². The first-order valence-electron chi connectivity index (χ1n) is 5.70. The van der Waals surface area contributed by atoms with Gasteiger partial charge in [0.25, 0.3) is 0 Å². The molecule has 3 heterocycles. The van der Waals surface area contributed by atoms with Crippen LogP contribution in [0, 0.1) is 0 Å². The largest absolute Gasteiger partial charge is 0.477 e. The number of alkyl halides is 3. The number of pyridine rings is 1. The summed E-state index contributed by atoms with van der Waals surface area (Å²) in [4.78, 5) is 16.0. The highest BCUT2D eigenvalue weighted by Gasteiger charge is 2.34. The second-order valence-corrected chi connectivity index (χ2v) is 4.20. The molecule has 6 nitrogen and oxygen atoms in total. The maximum Gasteiger partial charge on any atom is 0.435 e. The van der Waals surface area contributed by atoms with Gasteiger partial charge in [0.2, 0.25) is 0 Å². The third-order valence-electron chi connectivity index (χ3n) is 2.87. The van der Waals surface area contributed by atoms with E-state index in [-0.39, 0.29) is 5.69 Å². The number of carboxylic acids is 1. The van der Waals surface area contributed by atoms with Crippen molar-refractivity contribution < 1.29 is 23.1 Å². The van der Waals surface area contributed by atoms with Crippen molar-refractivity contribution in [3.05, 3.63) is 48.2 Å². The standard InChI is InChI=1S/C12H7F3N4O2/c13-12(14,15)10-2-4-18(17-10)19-8-1-3-16-6-7(8)5-9(19)11(20)21/h1-6H,(H,20,21). The topological polar surface area (TPSA) is 72.9 Å². The normalized spacial score (nSPS) is 12.0. The minimum atomic E-state index is -4.60. The van der Waals surface area contributed by atoms with Gasteiger partial charge in [-0.05, 0) is 18.2 Å². The van der Waals surface area contributed by atoms with Crippen LogP contribution in [0.4, 0.5) is 13.2 Å². The average molecular weight is 296 g/mol. The molecule has 3 aromatic rings. The third kappa shape index (κ3) is 2.12. The van der Waals surface area contributed by atoms with Crippen LogP contribution in [0.15, 0.2) is 36.8 Å². The van der Waals surface area contributed by atoms with E-state index < -0.39 is 17.8 Å². The molecular weight excluding hydrogens is 289 g/mol. The molecule has 0 saturated heterocycles. The number of rotatable bonds is 2. The molecule has 0 aromatic carbocycles. The zero-order valence-corrected chi connectivity index (χ0v) is 10.2. The summed E-state index contributed by atoms with van der Waals surface area (Å²) >= 11 is 0. The first-order chi connectivity index (χ1) is 9.88. The lowest BCUT2D eigenvalue weighted by Crippen LogP contribution is -2.17. The van der Waals surface area contributed by atoms with Crippen molar-refractivity contribution in [2.45, 2.75) is 6.18 Å². The molecule has 0 aliphatic carbocycles. The quantitative estimate of drug-likeness (QED) is 0.787. The third-order valence-corrected chi connectivity index (χ3v) is 2.87. The smallest absolute Gasteiger partial charge is 0.435 e. The van der Waals surface area contributed by atoms with E-state index in [2.05, 4.69) is 10.1 Å². The Morgan fingerprint density at radius 1 is 1.29 bits per heavy atom. The van der Waals surface area contributed by atoms with Gasteiger partial charge in [-0.2, -0.15) is 18.0 Å². The van der Waals surface area contributed by atoms with E-state index in [1.807, 2.05) is 0 Å². The van der Waals surface area contributed by atoms with Crippen LogP contribution in [0.3, 0.4) is 0 Å². The minimum absolute atomic E-state index is 0.213. The van der Waals surface area contributed by atoms with Gasteiger partial charge in [-0.3, -0.25) is 4.98 Å². The Balaban J connectivity index is 2.26. The molecule has 0 unspecified atom stereocenters. The highest BCUT2D eigenvalue weighted by molar-refractivity contribution is 5.94. The summed E-state index contributed by atoms with van der Waals surface area (Å²) in [7, 11) is 0. The van der Waals surface area contributed by atoms with Gasteiger partial charge in [-0.1, -0.05) is 0 Å². The van der Waals surface area contributed by atoms with Crippen molar-refractivity contribution in [2.24, 2.45) is 0 Å². The lowest BCUT2D eigenvalue weighted by molar-refractivity contribution is -0.141. The Morgan fingerprint density at radius 2 is 2.05 bits per heavy atom. The molecule has 21 heavy (non-hydrogen) atoms. The minimum Gasteiger partial charge on any atom is -0.477 e. The molecule has 1 N–H and O–H groups in total. The number of hydrogen-bond acceptors (Lipinski definition) is 3. The lowest BCUT2D eigenvalue weighted by Gasteiger charge is -2.08. The van der Waals surface area contributed by atoms with Gasteiger partial charge in [0.05, 0.1) is 11.7 Å². The van der Waals surface area contributed by atoms with Crippen molar-refractivity contribution in [1.29, 1.82) is 0 Å². The highest BCUT2D eigenvalue weighted by atomic mass is 19.4. The molecular formula is C12H7F3N4O2. The van der Waals surface area contributed by atoms with Crippen molar-refractivity contribution in [1.82, 2.24) is 19.5 Å². The number of hydrogen-bond donors (Lipinski definition) is 1. The Kier molecular flexibility index (Phi) is 2.71. The van der Waals surface area contributed by atoms with Gasteiger partial charge in [0.1, 0.15) is 0 Å². The molecule has 0 saturated carbocycles. The van der Waals surface area contributed by atoms with Crippen LogP contribution in [0.2, 0.25) is 0 Å². The number of aromatic nitrogens is 4. The van der Waals surface area contributed by atoms with Crippen LogP contribution in [0.25, 0.3) is 10.9 Å². The summed E-state index contributed by atoms with van der Waals surface area (Å²) in [5.74, 6) is -1.28. The Hall–Kier alpha value is -2.84. The molecule has 0 aliphatic heterocycles. The monoisotopic (exact) mass is 296 g/mol. The maximum atomic E-state index is 12.6. The molecule has 3 rings (SSSR count).